The van der Waals surface area contributed by atoms with Crippen LogP contribution in [0.4, 0.5) is 0 Å². The molecule has 0 fully saturated rings. The summed E-state index contributed by atoms with van der Waals surface area (Å²) in [7, 11) is 0. The van der Waals surface area contributed by atoms with Crippen LogP contribution in [0.5, 0.6) is 0 Å². The SMILES string of the molecule is C1=CCCC(c2cccc(-c3nc(-c4ccccc4)nc(-c4cc(-c5cccc6c5oc5ccccc56)c5sc6ccccc6c5c4)n3)c2)=C1. The van der Waals surface area contributed by atoms with E-state index < -0.39 is 0 Å². The zero-order valence-electron chi connectivity index (χ0n) is 27.0. The zero-order chi connectivity index (χ0) is 33.0. The normalized spacial score (nSPS) is 13.1. The molecule has 5 heteroatoms. The van der Waals surface area contributed by atoms with Crippen LogP contribution < -0.4 is 0 Å². The van der Waals surface area contributed by atoms with E-state index in [1.807, 2.05) is 41.7 Å². The molecule has 0 amide bonds. The molecule has 4 nitrogen and oxygen atoms in total. The summed E-state index contributed by atoms with van der Waals surface area (Å²) in [5.41, 5.74) is 9.29. The zero-order valence-corrected chi connectivity index (χ0v) is 27.8. The van der Waals surface area contributed by atoms with Crippen molar-refractivity contribution in [2.45, 2.75) is 12.8 Å². The van der Waals surface area contributed by atoms with Crippen LogP contribution in [0.2, 0.25) is 0 Å². The highest BCUT2D eigenvalue weighted by atomic mass is 32.1. The number of thiophene rings is 1. The minimum Gasteiger partial charge on any atom is -0.455 e. The van der Waals surface area contributed by atoms with E-state index in [0.29, 0.717) is 17.5 Å². The fourth-order valence-electron chi connectivity index (χ4n) is 7.17. The molecule has 1 aliphatic carbocycles. The lowest BCUT2D eigenvalue weighted by Gasteiger charge is -2.13. The number of benzene rings is 6. The van der Waals surface area contributed by atoms with Gasteiger partial charge in [-0.3, -0.25) is 0 Å². The first-order chi connectivity index (χ1) is 24.8. The smallest absolute Gasteiger partial charge is 0.164 e. The van der Waals surface area contributed by atoms with Crippen LogP contribution in [-0.2, 0) is 0 Å². The van der Waals surface area contributed by atoms with Crippen molar-refractivity contribution in [3.63, 3.8) is 0 Å². The molecule has 1 aliphatic rings. The lowest BCUT2D eigenvalue weighted by Crippen LogP contribution is -2.01. The molecule has 0 spiro atoms. The Balaban J connectivity index is 1.23. The van der Waals surface area contributed by atoms with Crippen LogP contribution in [0.1, 0.15) is 18.4 Å². The molecule has 3 aromatic heterocycles. The van der Waals surface area contributed by atoms with Gasteiger partial charge in [-0.25, -0.2) is 15.0 Å². The van der Waals surface area contributed by atoms with Gasteiger partial charge in [0.25, 0.3) is 0 Å². The summed E-state index contributed by atoms with van der Waals surface area (Å²) >= 11 is 1.81. The molecule has 0 unspecified atom stereocenters. The fourth-order valence-corrected chi connectivity index (χ4v) is 8.38. The topological polar surface area (TPSA) is 51.8 Å². The van der Waals surface area contributed by atoms with Gasteiger partial charge in [0.1, 0.15) is 11.2 Å². The molecular formula is C45H29N3OS. The molecule has 0 aliphatic heterocycles. The monoisotopic (exact) mass is 659 g/mol. The van der Waals surface area contributed by atoms with Gasteiger partial charge in [0.05, 0.1) is 0 Å². The lowest BCUT2D eigenvalue weighted by molar-refractivity contribution is 0.670. The van der Waals surface area contributed by atoms with Crippen LogP contribution in [0.25, 0.3) is 93.0 Å². The van der Waals surface area contributed by atoms with Crippen molar-refractivity contribution in [1.29, 1.82) is 0 Å². The summed E-state index contributed by atoms with van der Waals surface area (Å²) in [5, 5.41) is 4.61. The molecular weight excluding hydrogens is 631 g/mol. The van der Waals surface area contributed by atoms with Gasteiger partial charge >= 0.3 is 0 Å². The summed E-state index contributed by atoms with van der Waals surface area (Å²) in [6.45, 7) is 0. The molecule has 0 bridgehead atoms. The predicted octanol–water partition coefficient (Wildman–Crippen LogP) is 12.5. The number of aromatic nitrogens is 3. The Labute approximate surface area is 292 Å². The van der Waals surface area contributed by atoms with Crippen LogP contribution in [0.3, 0.4) is 0 Å². The maximum absolute atomic E-state index is 6.58. The summed E-state index contributed by atoms with van der Waals surface area (Å²) in [6, 6.07) is 46.6. The second kappa shape index (κ2) is 11.8. The molecule has 3 heterocycles. The number of allylic oxidation sites excluding steroid dienone is 4. The Morgan fingerprint density at radius 1 is 0.520 bits per heavy atom. The van der Waals surface area contributed by atoms with Gasteiger partial charge in [0.2, 0.25) is 0 Å². The number of hydrogen-bond acceptors (Lipinski definition) is 5. The Morgan fingerprint density at radius 3 is 2.08 bits per heavy atom. The number of rotatable bonds is 5. The molecule has 6 aromatic carbocycles. The maximum atomic E-state index is 6.58. The number of fused-ring (bicyclic) bond motifs is 6. The van der Waals surface area contributed by atoms with Crippen LogP contribution in [0.15, 0.2) is 156 Å². The molecule has 9 aromatic rings. The summed E-state index contributed by atoms with van der Waals surface area (Å²) in [4.78, 5) is 15.4. The third-order valence-corrected chi connectivity index (χ3v) is 10.8. The van der Waals surface area contributed by atoms with Crippen LogP contribution >= 0.6 is 11.3 Å². The first-order valence-corrected chi connectivity index (χ1v) is 17.7. The summed E-state index contributed by atoms with van der Waals surface area (Å²) in [6.07, 6.45) is 8.64. The Hall–Kier alpha value is -6.17. The molecule has 0 atom stereocenters. The van der Waals surface area contributed by atoms with Gasteiger partial charge in [-0.05, 0) is 54.3 Å². The predicted molar refractivity (Wildman–Crippen MR) is 208 cm³/mol. The fraction of sp³-hybridized carbons (Fsp3) is 0.0444. The number of furan rings is 1. The third-order valence-electron chi connectivity index (χ3n) is 9.60. The van der Waals surface area contributed by atoms with Gasteiger partial charge in [0.15, 0.2) is 17.5 Å². The van der Waals surface area contributed by atoms with E-state index in [0.717, 1.165) is 62.6 Å². The summed E-state index contributed by atoms with van der Waals surface area (Å²) < 4.78 is 9.03. The first-order valence-electron chi connectivity index (χ1n) is 16.9. The van der Waals surface area contributed by atoms with Gasteiger partial charge in [-0.1, -0.05) is 121 Å². The first kappa shape index (κ1) is 28.8. The Kier molecular flexibility index (Phi) is 6.78. The lowest BCUT2D eigenvalue weighted by atomic mass is 9.96. The van der Waals surface area contributed by atoms with Crippen molar-refractivity contribution in [3.8, 4) is 45.3 Å². The summed E-state index contributed by atoms with van der Waals surface area (Å²) in [5.74, 6) is 1.93. The Bertz CT molecular complexity index is 2820. The van der Waals surface area contributed by atoms with E-state index in [-0.39, 0.29) is 0 Å². The number of hydrogen-bond donors (Lipinski definition) is 0. The standard InChI is InChI=1S/C45H29N3OS/c1-3-13-28(14-4-1)30-17-11-18-31(25-30)44-46-43(29-15-5-2-6-16-29)47-45(48-44)32-26-37-34-20-8-10-24-40(34)50-42(37)38(27-32)36-22-12-21-35-33-19-7-9-23-39(33)49-41(35)36/h1-3,5-13,15-27H,4,14H2. The van der Waals surface area contributed by atoms with Gasteiger partial charge < -0.3 is 4.42 Å². The molecule has 0 saturated heterocycles. The van der Waals surface area contributed by atoms with E-state index in [1.54, 1.807) is 0 Å². The minimum atomic E-state index is 0.634. The molecule has 10 rings (SSSR count). The molecule has 0 N–H and O–H groups in total. The minimum absolute atomic E-state index is 0.634. The van der Waals surface area contributed by atoms with Crippen molar-refractivity contribution in [3.05, 3.63) is 157 Å². The Morgan fingerprint density at radius 2 is 1.22 bits per heavy atom. The number of nitrogens with zero attached hydrogens (tertiary/aromatic N) is 3. The van der Waals surface area contributed by atoms with Crippen molar-refractivity contribution in [2.75, 3.05) is 0 Å². The van der Waals surface area contributed by atoms with Gasteiger partial charge in [-0.2, -0.15) is 0 Å². The molecule has 236 valence electrons. The van der Waals surface area contributed by atoms with Gasteiger partial charge in [0, 0.05) is 58.8 Å². The largest absolute Gasteiger partial charge is 0.455 e. The van der Waals surface area contributed by atoms with E-state index in [1.165, 1.54) is 31.3 Å². The molecule has 50 heavy (non-hydrogen) atoms. The van der Waals surface area contributed by atoms with E-state index in [9.17, 15) is 0 Å². The quantitative estimate of drug-likeness (QED) is 0.184. The van der Waals surface area contributed by atoms with Crippen molar-refractivity contribution in [1.82, 2.24) is 15.0 Å². The van der Waals surface area contributed by atoms with E-state index in [2.05, 4.69) is 121 Å². The van der Waals surface area contributed by atoms with Crippen molar-refractivity contribution in [2.24, 2.45) is 0 Å². The number of para-hydroxylation sites is 2. The molecule has 0 saturated carbocycles. The maximum Gasteiger partial charge on any atom is 0.164 e. The van der Waals surface area contributed by atoms with Crippen LogP contribution in [-0.4, -0.2) is 15.0 Å². The van der Waals surface area contributed by atoms with E-state index >= 15 is 0 Å². The molecule has 0 radical (unpaired) electrons. The van der Waals surface area contributed by atoms with Gasteiger partial charge in [-0.15, -0.1) is 11.3 Å². The highest BCUT2D eigenvalue weighted by molar-refractivity contribution is 7.26. The second-order valence-corrected chi connectivity index (χ2v) is 13.7. The van der Waals surface area contributed by atoms with Crippen molar-refractivity contribution < 1.29 is 4.42 Å². The average Bonchev–Trinajstić information content (AvgIpc) is 3.77. The van der Waals surface area contributed by atoms with Crippen LogP contribution in [0, 0.1) is 0 Å². The van der Waals surface area contributed by atoms with E-state index in [4.69, 9.17) is 19.4 Å². The highest BCUT2D eigenvalue weighted by Gasteiger charge is 2.20. The second-order valence-electron chi connectivity index (χ2n) is 12.7. The van der Waals surface area contributed by atoms with Crippen molar-refractivity contribution >= 4 is 59.0 Å². The third kappa shape index (κ3) is 4.86. The average molecular weight is 660 g/mol. The highest BCUT2D eigenvalue weighted by Crippen LogP contribution is 2.45.